The normalized spacial score (nSPS) is 10.5. The van der Waals surface area contributed by atoms with Crippen LogP contribution >= 0.6 is 0 Å². The van der Waals surface area contributed by atoms with Crippen molar-refractivity contribution in [1.82, 2.24) is 9.47 Å². The highest BCUT2D eigenvalue weighted by molar-refractivity contribution is 5.93. The molecule has 0 bridgehead atoms. The Morgan fingerprint density at radius 1 is 1.30 bits per heavy atom. The van der Waals surface area contributed by atoms with Crippen LogP contribution in [0.1, 0.15) is 29.4 Å². The molecule has 4 heteroatoms. The molecule has 2 N–H and O–H groups in total. The lowest BCUT2D eigenvalue weighted by atomic mass is 10.2. The summed E-state index contributed by atoms with van der Waals surface area (Å²) in [6, 6.07) is 11.8. The van der Waals surface area contributed by atoms with Crippen molar-refractivity contribution in [1.29, 1.82) is 0 Å². The first-order valence-corrected chi connectivity index (χ1v) is 6.87. The molecular weight excluding hydrogens is 250 g/mol. The zero-order valence-electron chi connectivity index (χ0n) is 12.0. The highest BCUT2D eigenvalue weighted by atomic mass is 16.2. The van der Waals surface area contributed by atoms with E-state index in [9.17, 15) is 4.79 Å². The minimum Gasteiger partial charge on any atom is -0.397 e. The summed E-state index contributed by atoms with van der Waals surface area (Å²) < 4.78 is 1.78. The Hall–Kier alpha value is -2.23. The van der Waals surface area contributed by atoms with Crippen LogP contribution in [0, 0.1) is 0 Å². The van der Waals surface area contributed by atoms with Gasteiger partial charge in [0.1, 0.15) is 5.69 Å². The van der Waals surface area contributed by atoms with Gasteiger partial charge in [0, 0.05) is 26.3 Å². The van der Waals surface area contributed by atoms with Crippen molar-refractivity contribution in [3.8, 4) is 0 Å². The molecule has 0 aliphatic carbocycles. The largest absolute Gasteiger partial charge is 0.397 e. The van der Waals surface area contributed by atoms with Crippen molar-refractivity contribution in [2.24, 2.45) is 7.05 Å². The maximum Gasteiger partial charge on any atom is 0.270 e. The van der Waals surface area contributed by atoms with Gasteiger partial charge in [0.25, 0.3) is 5.91 Å². The molecule has 1 amide bonds. The van der Waals surface area contributed by atoms with Gasteiger partial charge in [-0.05, 0) is 18.1 Å². The molecule has 1 heterocycles. The van der Waals surface area contributed by atoms with Crippen LogP contribution in [0.5, 0.6) is 0 Å². The average molecular weight is 271 g/mol. The molecule has 0 saturated carbocycles. The topological polar surface area (TPSA) is 51.3 Å². The van der Waals surface area contributed by atoms with E-state index < -0.39 is 0 Å². The zero-order chi connectivity index (χ0) is 14.5. The van der Waals surface area contributed by atoms with Crippen molar-refractivity contribution < 1.29 is 4.79 Å². The average Bonchev–Trinajstić information content (AvgIpc) is 2.77. The van der Waals surface area contributed by atoms with Crippen LogP contribution < -0.4 is 5.73 Å². The predicted molar refractivity (Wildman–Crippen MR) is 81.3 cm³/mol. The van der Waals surface area contributed by atoms with Gasteiger partial charge in [-0.2, -0.15) is 0 Å². The van der Waals surface area contributed by atoms with Crippen molar-refractivity contribution in [2.75, 3.05) is 12.3 Å². The van der Waals surface area contributed by atoms with E-state index in [1.807, 2.05) is 42.3 Å². The number of aromatic nitrogens is 1. The van der Waals surface area contributed by atoms with Crippen LogP contribution in [-0.2, 0) is 13.6 Å². The molecule has 0 fully saturated rings. The van der Waals surface area contributed by atoms with Crippen molar-refractivity contribution in [3.63, 3.8) is 0 Å². The van der Waals surface area contributed by atoms with Crippen molar-refractivity contribution in [2.45, 2.75) is 19.9 Å². The molecule has 0 spiro atoms. The molecule has 2 rings (SSSR count). The minimum absolute atomic E-state index is 0.0231. The molecule has 0 unspecified atom stereocenters. The summed E-state index contributed by atoms with van der Waals surface area (Å²) in [5.41, 5.74) is 8.14. The monoisotopic (exact) mass is 271 g/mol. The Kier molecular flexibility index (Phi) is 4.45. The van der Waals surface area contributed by atoms with Gasteiger partial charge in [-0.3, -0.25) is 4.79 Å². The highest BCUT2D eigenvalue weighted by Gasteiger charge is 2.18. The molecule has 0 aliphatic rings. The fourth-order valence-corrected chi connectivity index (χ4v) is 2.29. The van der Waals surface area contributed by atoms with E-state index in [2.05, 4.69) is 6.92 Å². The number of hydrogen-bond donors (Lipinski definition) is 1. The summed E-state index contributed by atoms with van der Waals surface area (Å²) in [7, 11) is 1.84. The molecule has 2 aromatic rings. The standard InChI is InChI=1S/C16H21N3O/c1-3-9-19(11-13-7-5-4-6-8-13)16(20)15-10-14(17)12-18(15)2/h4-8,10,12H,3,9,11,17H2,1-2H3. The van der Waals surface area contributed by atoms with Gasteiger partial charge in [0.2, 0.25) is 0 Å². The molecule has 20 heavy (non-hydrogen) atoms. The van der Waals surface area contributed by atoms with E-state index in [-0.39, 0.29) is 5.91 Å². The molecule has 106 valence electrons. The van der Waals surface area contributed by atoms with Crippen molar-refractivity contribution in [3.05, 3.63) is 53.9 Å². The fourth-order valence-electron chi connectivity index (χ4n) is 2.29. The van der Waals surface area contributed by atoms with Gasteiger partial charge in [-0.25, -0.2) is 0 Å². The second kappa shape index (κ2) is 6.28. The van der Waals surface area contributed by atoms with Crippen molar-refractivity contribution >= 4 is 11.6 Å². The van der Waals surface area contributed by atoms with E-state index in [1.54, 1.807) is 16.8 Å². The summed E-state index contributed by atoms with van der Waals surface area (Å²) in [6.45, 7) is 3.43. The zero-order valence-corrected chi connectivity index (χ0v) is 12.0. The summed E-state index contributed by atoms with van der Waals surface area (Å²) in [5.74, 6) is 0.0231. The molecule has 1 aromatic carbocycles. The number of aryl methyl sites for hydroxylation is 1. The predicted octanol–water partition coefficient (Wildman–Crippen LogP) is 2.66. The Balaban J connectivity index is 2.20. The quantitative estimate of drug-likeness (QED) is 0.909. The van der Waals surface area contributed by atoms with Crippen LogP contribution in [0.25, 0.3) is 0 Å². The number of amides is 1. The summed E-state index contributed by atoms with van der Waals surface area (Å²) >= 11 is 0. The number of benzene rings is 1. The second-order valence-corrected chi connectivity index (χ2v) is 4.98. The van der Waals surface area contributed by atoms with Gasteiger partial charge >= 0.3 is 0 Å². The Morgan fingerprint density at radius 2 is 2.00 bits per heavy atom. The lowest BCUT2D eigenvalue weighted by Crippen LogP contribution is -2.32. The van der Waals surface area contributed by atoms with E-state index in [0.717, 1.165) is 18.5 Å². The molecule has 0 atom stereocenters. The third kappa shape index (κ3) is 3.20. The van der Waals surface area contributed by atoms with Crippen LogP contribution in [0.2, 0.25) is 0 Å². The maximum atomic E-state index is 12.6. The Morgan fingerprint density at radius 3 is 2.55 bits per heavy atom. The summed E-state index contributed by atoms with van der Waals surface area (Å²) in [6.07, 6.45) is 2.69. The maximum absolute atomic E-state index is 12.6. The third-order valence-corrected chi connectivity index (χ3v) is 3.24. The fraction of sp³-hybridized carbons (Fsp3) is 0.312. The van der Waals surface area contributed by atoms with Gasteiger partial charge in [0.05, 0.1) is 5.69 Å². The first-order chi connectivity index (χ1) is 9.61. The van der Waals surface area contributed by atoms with E-state index >= 15 is 0 Å². The second-order valence-electron chi connectivity index (χ2n) is 4.98. The van der Waals surface area contributed by atoms with Gasteiger partial charge in [0.15, 0.2) is 0 Å². The first kappa shape index (κ1) is 14.2. The Labute approximate surface area is 119 Å². The van der Waals surface area contributed by atoms with E-state index in [1.165, 1.54) is 0 Å². The van der Waals surface area contributed by atoms with E-state index in [4.69, 9.17) is 5.73 Å². The number of nitrogen functional groups attached to an aromatic ring is 1. The number of carbonyl (C=O) groups is 1. The SMILES string of the molecule is CCCN(Cc1ccccc1)C(=O)c1cc(N)cn1C. The molecular formula is C16H21N3O. The van der Waals surface area contributed by atoms with Crippen LogP contribution in [0.3, 0.4) is 0 Å². The number of hydrogen-bond acceptors (Lipinski definition) is 2. The first-order valence-electron chi connectivity index (χ1n) is 6.87. The summed E-state index contributed by atoms with van der Waals surface area (Å²) in [5, 5.41) is 0. The molecule has 1 aromatic heterocycles. The molecule has 4 nitrogen and oxygen atoms in total. The third-order valence-electron chi connectivity index (χ3n) is 3.24. The number of anilines is 1. The summed E-state index contributed by atoms with van der Waals surface area (Å²) in [4.78, 5) is 14.5. The van der Waals surface area contributed by atoms with E-state index in [0.29, 0.717) is 17.9 Å². The number of carbonyl (C=O) groups excluding carboxylic acids is 1. The molecule has 0 radical (unpaired) electrons. The van der Waals surface area contributed by atoms with Gasteiger partial charge in [-0.1, -0.05) is 37.3 Å². The number of nitrogens with two attached hydrogens (primary N) is 1. The smallest absolute Gasteiger partial charge is 0.270 e. The lowest BCUT2D eigenvalue weighted by molar-refractivity contribution is 0.0733. The van der Waals surface area contributed by atoms with Crippen LogP contribution in [0.15, 0.2) is 42.6 Å². The lowest BCUT2D eigenvalue weighted by Gasteiger charge is -2.22. The van der Waals surface area contributed by atoms with Gasteiger partial charge in [-0.15, -0.1) is 0 Å². The molecule has 0 aliphatic heterocycles. The Bertz CT molecular complexity index is 575. The highest BCUT2D eigenvalue weighted by Crippen LogP contribution is 2.14. The van der Waals surface area contributed by atoms with Crippen LogP contribution in [0.4, 0.5) is 5.69 Å². The van der Waals surface area contributed by atoms with Crippen LogP contribution in [-0.4, -0.2) is 21.9 Å². The minimum atomic E-state index is 0.0231. The number of nitrogens with zero attached hydrogens (tertiary/aromatic N) is 2. The molecule has 0 saturated heterocycles. The van der Waals surface area contributed by atoms with Gasteiger partial charge < -0.3 is 15.2 Å². The number of rotatable bonds is 5.